The summed E-state index contributed by atoms with van der Waals surface area (Å²) >= 11 is 9.48. The molecule has 4 nitrogen and oxygen atoms in total. The van der Waals surface area contributed by atoms with E-state index in [1.807, 2.05) is 12.1 Å². The lowest BCUT2D eigenvalue weighted by molar-refractivity contribution is 0.529. The first-order chi connectivity index (χ1) is 13.8. The molecule has 0 saturated carbocycles. The fourth-order valence-corrected chi connectivity index (χ4v) is 5.54. The van der Waals surface area contributed by atoms with Crippen LogP contribution in [0.5, 0.6) is 0 Å². The van der Waals surface area contributed by atoms with Crippen molar-refractivity contribution in [3.05, 3.63) is 81.3 Å². The molecule has 3 heterocycles. The van der Waals surface area contributed by atoms with Crippen LogP contribution in [0.25, 0.3) is 0 Å². The summed E-state index contributed by atoms with van der Waals surface area (Å²) in [7, 11) is 0. The summed E-state index contributed by atoms with van der Waals surface area (Å²) in [4.78, 5) is 11.8. The first-order valence-electron chi connectivity index (χ1n) is 9.20. The Bertz CT molecular complexity index is 984. The monoisotopic (exact) mass is 426 g/mol. The lowest BCUT2D eigenvalue weighted by atomic mass is 10.1. The zero-order valence-electron chi connectivity index (χ0n) is 15.1. The lowest BCUT2D eigenvalue weighted by Gasteiger charge is -2.21. The van der Waals surface area contributed by atoms with Crippen LogP contribution in [0.3, 0.4) is 0 Å². The van der Waals surface area contributed by atoms with Gasteiger partial charge in [0, 0.05) is 16.5 Å². The number of fused-ring (bicyclic) bond motifs is 2. The van der Waals surface area contributed by atoms with Crippen molar-refractivity contribution in [3.8, 4) is 0 Å². The maximum Gasteiger partial charge on any atom is 0.168 e. The first kappa shape index (κ1) is 18.2. The Hall–Kier alpha value is -1.89. The molecule has 0 saturated heterocycles. The van der Waals surface area contributed by atoms with Gasteiger partial charge in [0.1, 0.15) is 0 Å². The lowest BCUT2D eigenvalue weighted by Crippen LogP contribution is -2.25. The predicted octanol–water partition coefficient (Wildman–Crippen LogP) is 5.03. The molecule has 0 fully saturated rings. The van der Waals surface area contributed by atoms with Crippen molar-refractivity contribution < 1.29 is 0 Å². The molecule has 0 aliphatic carbocycles. The smallest absolute Gasteiger partial charge is 0.168 e. The van der Waals surface area contributed by atoms with Crippen LogP contribution in [-0.4, -0.2) is 27.5 Å². The highest BCUT2D eigenvalue weighted by Crippen LogP contribution is 2.34. The van der Waals surface area contributed by atoms with E-state index in [0.717, 1.165) is 40.7 Å². The second kappa shape index (κ2) is 7.85. The molecule has 2 aromatic carbocycles. The van der Waals surface area contributed by atoms with Gasteiger partial charge in [-0.25, -0.2) is 0 Å². The van der Waals surface area contributed by atoms with E-state index in [-0.39, 0.29) is 6.04 Å². The number of amidine groups is 2. The Morgan fingerprint density at radius 3 is 2.79 bits per heavy atom. The van der Waals surface area contributed by atoms with Gasteiger partial charge in [0.15, 0.2) is 10.3 Å². The topological polar surface area (TPSA) is 40.0 Å². The number of nitrogens with zero attached hydrogens (tertiary/aromatic N) is 3. The number of thioether (sulfide) groups is 2. The maximum absolute atomic E-state index is 5.99. The molecule has 3 aliphatic heterocycles. The summed E-state index contributed by atoms with van der Waals surface area (Å²) in [6.07, 6.45) is 0. The molecule has 28 heavy (non-hydrogen) atoms. The molecular weight excluding hydrogens is 408 g/mol. The minimum atomic E-state index is 0.230. The molecule has 1 atom stereocenters. The Morgan fingerprint density at radius 1 is 1.11 bits per heavy atom. The molecule has 1 N–H and O–H groups in total. The zero-order chi connectivity index (χ0) is 18.9. The molecule has 0 amide bonds. The fraction of sp³-hybridized carbons (Fsp3) is 0.238. The molecule has 0 bridgehead atoms. The normalized spacial score (nSPS) is 20.5. The highest BCUT2D eigenvalue weighted by molar-refractivity contribution is 8.17. The van der Waals surface area contributed by atoms with E-state index < -0.39 is 0 Å². The van der Waals surface area contributed by atoms with Crippen molar-refractivity contribution >= 4 is 45.5 Å². The van der Waals surface area contributed by atoms with Gasteiger partial charge in [0.2, 0.25) is 0 Å². The maximum atomic E-state index is 5.99. The van der Waals surface area contributed by atoms with Crippen molar-refractivity contribution in [2.24, 2.45) is 9.98 Å². The average Bonchev–Trinajstić information content (AvgIpc) is 3.29. The highest BCUT2D eigenvalue weighted by atomic mass is 35.5. The molecule has 142 valence electrons. The highest BCUT2D eigenvalue weighted by Gasteiger charge is 2.27. The van der Waals surface area contributed by atoms with Gasteiger partial charge in [-0.05, 0) is 34.2 Å². The van der Waals surface area contributed by atoms with E-state index in [4.69, 9.17) is 16.6 Å². The zero-order valence-corrected chi connectivity index (χ0v) is 17.5. The fourth-order valence-electron chi connectivity index (χ4n) is 3.49. The van der Waals surface area contributed by atoms with Crippen LogP contribution < -0.4 is 5.32 Å². The third-order valence-electron chi connectivity index (χ3n) is 5.05. The Kier molecular flexibility index (Phi) is 5.09. The molecule has 7 heteroatoms. The second-order valence-corrected chi connectivity index (χ2v) is 9.10. The first-order valence-corrected chi connectivity index (χ1v) is 11.4. The van der Waals surface area contributed by atoms with Gasteiger partial charge in [-0.2, -0.15) is 0 Å². The van der Waals surface area contributed by atoms with Crippen LogP contribution in [0.2, 0.25) is 5.02 Å². The number of benzene rings is 2. The number of halogens is 1. The average molecular weight is 427 g/mol. The van der Waals surface area contributed by atoms with Crippen molar-refractivity contribution in [2.45, 2.75) is 19.1 Å². The number of rotatable bonds is 3. The molecule has 1 unspecified atom stereocenters. The summed E-state index contributed by atoms with van der Waals surface area (Å²) < 4.78 is 0. The SMILES string of the molecule is Clc1ccc(C2CN=C(SCC3=CSC4=NCc5ccccc5CN34)N2)cc1. The van der Waals surface area contributed by atoms with E-state index in [2.05, 4.69) is 57.0 Å². The molecule has 0 spiro atoms. The predicted molar refractivity (Wildman–Crippen MR) is 121 cm³/mol. The van der Waals surface area contributed by atoms with E-state index in [1.165, 1.54) is 22.4 Å². The van der Waals surface area contributed by atoms with Crippen molar-refractivity contribution in [3.63, 3.8) is 0 Å². The summed E-state index contributed by atoms with van der Waals surface area (Å²) in [5, 5.41) is 8.64. The largest absolute Gasteiger partial charge is 0.356 e. The van der Waals surface area contributed by atoms with Gasteiger partial charge < -0.3 is 10.2 Å². The van der Waals surface area contributed by atoms with Crippen LogP contribution in [0.15, 0.2) is 69.6 Å². The van der Waals surface area contributed by atoms with Crippen molar-refractivity contribution in [2.75, 3.05) is 12.3 Å². The third kappa shape index (κ3) is 3.69. The summed E-state index contributed by atoms with van der Waals surface area (Å²) in [5.41, 5.74) is 5.20. The van der Waals surface area contributed by atoms with Crippen LogP contribution in [-0.2, 0) is 13.1 Å². The van der Waals surface area contributed by atoms with Gasteiger partial charge in [-0.3, -0.25) is 9.98 Å². The van der Waals surface area contributed by atoms with Gasteiger partial charge >= 0.3 is 0 Å². The molecule has 2 aromatic rings. The summed E-state index contributed by atoms with van der Waals surface area (Å²) in [6, 6.07) is 16.8. The standard InChI is InChI=1S/C21H19ClN4S2/c22-17-7-5-14(6-8-17)19-10-23-20(25-19)27-12-18-13-28-21-24-9-15-3-1-2-4-16(15)11-26(18)21/h1-8,13,19H,9-12H2,(H,23,25). The minimum absolute atomic E-state index is 0.230. The van der Waals surface area contributed by atoms with Crippen LogP contribution in [0.1, 0.15) is 22.7 Å². The van der Waals surface area contributed by atoms with Crippen LogP contribution in [0.4, 0.5) is 0 Å². The summed E-state index contributed by atoms with van der Waals surface area (Å²) in [6.45, 7) is 2.42. The quantitative estimate of drug-likeness (QED) is 0.746. The second-order valence-electron chi connectivity index (χ2n) is 6.86. The van der Waals surface area contributed by atoms with E-state index in [1.54, 1.807) is 23.5 Å². The van der Waals surface area contributed by atoms with Gasteiger partial charge in [0.25, 0.3) is 0 Å². The van der Waals surface area contributed by atoms with Crippen molar-refractivity contribution in [1.82, 2.24) is 10.2 Å². The Labute approximate surface area is 178 Å². The Morgan fingerprint density at radius 2 is 1.93 bits per heavy atom. The van der Waals surface area contributed by atoms with Gasteiger partial charge in [0.05, 0.1) is 25.7 Å². The van der Waals surface area contributed by atoms with Crippen LogP contribution >= 0.6 is 35.1 Å². The minimum Gasteiger partial charge on any atom is -0.356 e. The number of aliphatic imine (C=N–C) groups is 2. The van der Waals surface area contributed by atoms with Gasteiger partial charge in [-0.1, -0.05) is 71.5 Å². The molecular formula is C21H19ClN4S2. The molecule has 0 aromatic heterocycles. The third-order valence-corrected chi connectivity index (χ3v) is 7.22. The Balaban J connectivity index is 1.21. The van der Waals surface area contributed by atoms with Crippen LogP contribution in [0, 0.1) is 0 Å². The molecule has 0 radical (unpaired) electrons. The number of hydrogen-bond acceptors (Lipinski definition) is 6. The number of nitrogens with one attached hydrogen (secondary N) is 1. The molecule has 3 aliphatic rings. The van der Waals surface area contributed by atoms with E-state index in [0.29, 0.717) is 0 Å². The van der Waals surface area contributed by atoms with E-state index in [9.17, 15) is 0 Å². The van der Waals surface area contributed by atoms with Gasteiger partial charge in [-0.15, -0.1) is 0 Å². The number of hydrogen-bond donors (Lipinski definition) is 1. The van der Waals surface area contributed by atoms with E-state index >= 15 is 0 Å². The van der Waals surface area contributed by atoms with Crippen molar-refractivity contribution in [1.29, 1.82) is 0 Å². The molecule has 5 rings (SSSR count). The summed E-state index contributed by atoms with van der Waals surface area (Å²) in [5.74, 6) is 0.882.